The van der Waals surface area contributed by atoms with Crippen LogP contribution in [-0.2, 0) is 4.79 Å². The molecule has 1 aromatic heterocycles. The van der Waals surface area contributed by atoms with E-state index < -0.39 is 6.04 Å². The Hall–Kier alpha value is -3.99. The number of hydrogen-bond acceptors (Lipinski definition) is 9. The Bertz CT molecular complexity index is 1670. The molecule has 3 fully saturated rings. The van der Waals surface area contributed by atoms with E-state index in [1.165, 1.54) is 0 Å². The van der Waals surface area contributed by atoms with Gasteiger partial charge >= 0.3 is 6.01 Å². The minimum atomic E-state index is -0.897. The molecule has 3 saturated heterocycles. The molecule has 4 N–H and O–H groups in total. The second kappa shape index (κ2) is 11.3. The van der Waals surface area contributed by atoms with Crippen LogP contribution in [0.4, 0.5) is 5.82 Å². The van der Waals surface area contributed by atoms with Crippen molar-refractivity contribution in [3.8, 4) is 22.9 Å². The number of amides is 1. The number of carbonyl (C=O) groups is 1. The maximum absolute atomic E-state index is 12.8. The first-order chi connectivity index (χ1) is 20.9. The third-order valence-electron chi connectivity index (χ3n) is 9.44. The van der Waals surface area contributed by atoms with Crippen molar-refractivity contribution in [3.05, 3.63) is 54.6 Å². The molecule has 224 valence electrons. The third kappa shape index (κ3) is 5.13. The second-order valence-corrected chi connectivity index (χ2v) is 12.2. The summed E-state index contributed by atoms with van der Waals surface area (Å²) in [5, 5.41) is 22.9. The van der Waals surface area contributed by atoms with E-state index in [1.807, 2.05) is 18.2 Å². The summed E-state index contributed by atoms with van der Waals surface area (Å²) in [4.78, 5) is 29.2. The number of ether oxygens (including phenoxy) is 1. The summed E-state index contributed by atoms with van der Waals surface area (Å²) in [6.45, 7) is 2.28. The first-order valence-corrected chi connectivity index (χ1v) is 15.2. The Kier molecular flexibility index (Phi) is 7.28. The number of phenols is 1. The molecular weight excluding hydrogens is 544 g/mol. The van der Waals surface area contributed by atoms with Gasteiger partial charge in [0.25, 0.3) is 0 Å². The molecule has 0 radical (unpaired) electrons. The van der Waals surface area contributed by atoms with Gasteiger partial charge in [-0.25, -0.2) is 0 Å². The van der Waals surface area contributed by atoms with E-state index in [2.05, 4.69) is 41.1 Å². The predicted octanol–water partition coefficient (Wildman–Crippen LogP) is 3.13. The highest BCUT2D eigenvalue weighted by Gasteiger charge is 2.43. The van der Waals surface area contributed by atoms with Gasteiger partial charge in [-0.3, -0.25) is 4.79 Å². The summed E-state index contributed by atoms with van der Waals surface area (Å²) in [6, 6.07) is 17.7. The van der Waals surface area contributed by atoms with Gasteiger partial charge < -0.3 is 35.4 Å². The molecule has 7 rings (SSSR count). The number of rotatable bonds is 7. The standard InChI is InChI=1S/C33H38N6O4/c1-37-12-4-6-24(37)19-43-33-35-30-14-21(28-15-25(41)13-20-5-2-3-7-26(20)28)8-11-27(30)31(36-33)39-22-9-10-23(39)17-38(16-22)32(42)29(34)18-40/h2-3,5,7-8,11,13-15,22-24,29,40-41H,4,6,9-10,12,16-19,34H2,1H3/t22?,23?,24-,29-/m0/s1. The average Bonchev–Trinajstić information content (AvgIpc) is 3.55. The SMILES string of the molecule is CN1CCC[C@H]1COc1nc(N2C3CCC2CN(C(=O)[C@@H](N)CO)C3)c2ccc(-c3cc(O)cc4ccccc34)cc2n1. The van der Waals surface area contributed by atoms with Crippen LogP contribution >= 0.6 is 0 Å². The number of likely N-dealkylation sites (tertiary alicyclic amines) is 2. The van der Waals surface area contributed by atoms with Crippen molar-refractivity contribution < 1.29 is 19.7 Å². The fraction of sp³-hybridized carbons (Fsp3) is 0.424. The van der Waals surface area contributed by atoms with E-state index in [-0.39, 0.29) is 30.3 Å². The Morgan fingerprint density at radius 3 is 2.58 bits per heavy atom. The zero-order chi connectivity index (χ0) is 29.7. The molecule has 0 saturated carbocycles. The van der Waals surface area contributed by atoms with E-state index in [0.29, 0.717) is 31.7 Å². The number of phenolic OH excluding ortho intramolecular Hbond substituents is 1. The molecule has 0 spiro atoms. The van der Waals surface area contributed by atoms with Gasteiger partial charge in [-0.15, -0.1) is 0 Å². The van der Waals surface area contributed by atoms with Crippen LogP contribution in [0, 0.1) is 0 Å². The molecule has 3 aromatic carbocycles. The van der Waals surface area contributed by atoms with Gasteiger partial charge in [0.05, 0.1) is 12.1 Å². The quantitative estimate of drug-likeness (QED) is 0.301. The van der Waals surface area contributed by atoms with Crippen molar-refractivity contribution >= 4 is 33.4 Å². The molecule has 0 aliphatic carbocycles. The van der Waals surface area contributed by atoms with Crippen LogP contribution in [0.1, 0.15) is 25.7 Å². The van der Waals surface area contributed by atoms with Crippen molar-refractivity contribution in [1.82, 2.24) is 19.8 Å². The van der Waals surface area contributed by atoms with Gasteiger partial charge in [-0.1, -0.05) is 30.3 Å². The van der Waals surface area contributed by atoms with Gasteiger partial charge in [-0.2, -0.15) is 9.97 Å². The fourth-order valence-corrected chi connectivity index (χ4v) is 7.16. The lowest BCUT2D eigenvalue weighted by Crippen LogP contribution is -2.59. The maximum Gasteiger partial charge on any atom is 0.319 e. The molecule has 3 aliphatic rings. The van der Waals surface area contributed by atoms with Gasteiger partial charge in [0.15, 0.2) is 0 Å². The number of aliphatic hydroxyl groups excluding tert-OH is 1. The lowest BCUT2D eigenvalue weighted by Gasteiger charge is -2.42. The summed E-state index contributed by atoms with van der Waals surface area (Å²) in [5.41, 5.74) is 8.53. The summed E-state index contributed by atoms with van der Waals surface area (Å²) in [6.07, 6.45) is 4.11. The molecule has 1 amide bonds. The topological polar surface area (TPSA) is 128 Å². The number of nitrogens with two attached hydrogens (primary N) is 1. The van der Waals surface area contributed by atoms with Crippen LogP contribution in [0.2, 0.25) is 0 Å². The minimum Gasteiger partial charge on any atom is -0.508 e. The van der Waals surface area contributed by atoms with Crippen LogP contribution in [-0.4, -0.2) is 100.0 Å². The van der Waals surface area contributed by atoms with Crippen molar-refractivity contribution in [2.75, 3.05) is 44.8 Å². The number of carbonyl (C=O) groups excluding carboxylic acids is 1. The van der Waals surface area contributed by atoms with E-state index in [4.69, 9.17) is 20.4 Å². The number of aliphatic hydroxyl groups is 1. The molecule has 4 atom stereocenters. The number of aromatic nitrogens is 2. The van der Waals surface area contributed by atoms with Crippen molar-refractivity contribution in [2.24, 2.45) is 5.73 Å². The number of benzene rings is 3. The molecule has 10 nitrogen and oxygen atoms in total. The Labute approximate surface area is 250 Å². The Morgan fingerprint density at radius 1 is 1.05 bits per heavy atom. The molecule has 2 bridgehead atoms. The molecule has 10 heteroatoms. The highest BCUT2D eigenvalue weighted by atomic mass is 16.5. The molecular formula is C33H38N6O4. The predicted molar refractivity (Wildman–Crippen MR) is 166 cm³/mol. The average molecular weight is 583 g/mol. The lowest BCUT2D eigenvalue weighted by molar-refractivity contribution is -0.134. The van der Waals surface area contributed by atoms with Gasteiger partial charge in [0.1, 0.15) is 24.2 Å². The van der Waals surface area contributed by atoms with E-state index in [0.717, 1.165) is 70.8 Å². The van der Waals surface area contributed by atoms with Crippen molar-refractivity contribution in [1.29, 1.82) is 0 Å². The maximum atomic E-state index is 12.8. The van der Waals surface area contributed by atoms with Crippen molar-refractivity contribution in [3.63, 3.8) is 0 Å². The molecule has 4 aromatic rings. The Morgan fingerprint density at radius 2 is 1.84 bits per heavy atom. The normalized spacial score (nSPS) is 22.9. The number of hydrogen-bond donors (Lipinski definition) is 3. The summed E-state index contributed by atoms with van der Waals surface area (Å²) >= 11 is 0. The number of anilines is 1. The summed E-state index contributed by atoms with van der Waals surface area (Å²) in [5.74, 6) is 0.823. The van der Waals surface area contributed by atoms with Crippen LogP contribution in [0.3, 0.4) is 0 Å². The number of nitrogens with zero attached hydrogens (tertiary/aromatic N) is 5. The van der Waals surface area contributed by atoms with E-state index >= 15 is 0 Å². The van der Waals surface area contributed by atoms with Gasteiger partial charge in [0.2, 0.25) is 5.91 Å². The Balaban J connectivity index is 1.29. The largest absolute Gasteiger partial charge is 0.508 e. The summed E-state index contributed by atoms with van der Waals surface area (Å²) < 4.78 is 6.29. The van der Waals surface area contributed by atoms with Gasteiger partial charge in [0, 0.05) is 36.6 Å². The third-order valence-corrected chi connectivity index (χ3v) is 9.44. The number of piperazine rings is 1. The monoisotopic (exact) mass is 582 g/mol. The first kappa shape index (κ1) is 27.8. The zero-order valence-corrected chi connectivity index (χ0v) is 24.4. The lowest BCUT2D eigenvalue weighted by atomic mass is 9.97. The van der Waals surface area contributed by atoms with Gasteiger partial charge in [-0.05, 0) is 85.4 Å². The van der Waals surface area contributed by atoms with Crippen LogP contribution < -0.4 is 15.4 Å². The minimum absolute atomic E-state index is 0.0789. The van der Waals surface area contributed by atoms with E-state index in [1.54, 1.807) is 17.0 Å². The second-order valence-electron chi connectivity index (χ2n) is 12.2. The fourth-order valence-electron chi connectivity index (χ4n) is 7.16. The van der Waals surface area contributed by atoms with Crippen molar-refractivity contribution in [2.45, 2.75) is 49.9 Å². The smallest absolute Gasteiger partial charge is 0.319 e. The van der Waals surface area contributed by atoms with Crippen LogP contribution in [0.15, 0.2) is 54.6 Å². The molecule has 43 heavy (non-hydrogen) atoms. The number of aromatic hydroxyl groups is 1. The van der Waals surface area contributed by atoms with E-state index in [9.17, 15) is 15.0 Å². The molecule has 3 aliphatic heterocycles. The number of fused-ring (bicyclic) bond motifs is 4. The highest BCUT2D eigenvalue weighted by Crippen LogP contribution is 2.40. The van der Waals surface area contributed by atoms with Crippen LogP contribution in [0.25, 0.3) is 32.8 Å². The number of likely N-dealkylation sites (N-methyl/N-ethyl adjacent to an activating group) is 1. The highest BCUT2D eigenvalue weighted by molar-refractivity contribution is 6.01. The zero-order valence-electron chi connectivity index (χ0n) is 24.4. The van der Waals surface area contributed by atoms with Crippen LogP contribution in [0.5, 0.6) is 11.8 Å². The molecule has 2 unspecified atom stereocenters. The summed E-state index contributed by atoms with van der Waals surface area (Å²) in [7, 11) is 2.13. The first-order valence-electron chi connectivity index (χ1n) is 15.2. The molecule has 4 heterocycles.